The van der Waals surface area contributed by atoms with Gasteiger partial charge >= 0.3 is 5.97 Å². The minimum atomic E-state index is -0.908. The fourth-order valence-corrected chi connectivity index (χ4v) is 3.70. The van der Waals surface area contributed by atoms with E-state index in [1.54, 1.807) is 19.1 Å². The molecule has 1 fully saturated rings. The van der Waals surface area contributed by atoms with Crippen molar-refractivity contribution in [3.63, 3.8) is 0 Å². The molecule has 1 heterocycles. The molecular weight excluding hydrogens is 464 g/mol. The highest BCUT2D eigenvalue weighted by molar-refractivity contribution is 9.10. The van der Waals surface area contributed by atoms with Gasteiger partial charge in [0.2, 0.25) is 5.91 Å². The summed E-state index contributed by atoms with van der Waals surface area (Å²) in [6.07, 6.45) is 4.54. The number of nitrogens with zero attached hydrogens (tertiary/aromatic N) is 1. The van der Waals surface area contributed by atoms with Crippen molar-refractivity contribution in [1.29, 1.82) is 0 Å². The number of carbonyl (C=O) groups excluding carboxylic acids is 3. The van der Waals surface area contributed by atoms with Gasteiger partial charge < -0.3 is 19.7 Å². The van der Waals surface area contributed by atoms with Gasteiger partial charge in [0.05, 0.1) is 24.7 Å². The van der Waals surface area contributed by atoms with Crippen LogP contribution in [0.25, 0.3) is 0 Å². The third-order valence-corrected chi connectivity index (χ3v) is 5.78. The number of carbonyl (C=O) groups is 3. The largest absolute Gasteiger partial charge is 0.493 e. The van der Waals surface area contributed by atoms with Crippen molar-refractivity contribution in [2.45, 2.75) is 71.4 Å². The van der Waals surface area contributed by atoms with Crippen LogP contribution in [0.3, 0.4) is 0 Å². The second-order valence-electron chi connectivity index (χ2n) is 7.77. The zero-order chi connectivity index (χ0) is 22.8. The standard InChI is InChI=1S/C23H33BrN2O5/c1-4-6-7-8-13-30-20-10-9-17(24)14-18(20)23(29)26-12-11-25-22(28)19(26)15-21(27)31-16(3)5-2/h9-10,14,16,19H,4-8,11-13,15H2,1-3H3,(H,25,28). The smallest absolute Gasteiger partial charge is 0.308 e. The zero-order valence-electron chi connectivity index (χ0n) is 18.6. The van der Waals surface area contributed by atoms with E-state index >= 15 is 0 Å². The quantitative estimate of drug-likeness (QED) is 0.368. The third-order valence-electron chi connectivity index (χ3n) is 5.29. The van der Waals surface area contributed by atoms with Crippen LogP contribution in [0.1, 0.15) is 69.7 Å². The summed E-state index contributed by atoms with van der Waals surface area (Å²) in [4.78, 5) is 39.7. The van der Waals surface area contributed by atoms with Crippen LogP contribution in [0.2, 0.25) is 0 Å². The van der Waals surface area contributed by atoms with E-state index in [0.717, 1.165) is 30.2 Å². The molecule has 2 amide bonds. The number of rotatable bonds is 11. The van der Waals surface area contributed by atoms with Crippen molar-refractivity contribution in [1.82, 2.24) is 10.2 Å². The first-order chi connectivity index (χ1) is 14.9. The molecule has 1 aromatic carbocycles. The minimum Gasteiger partial charge on any atom is -0.493 e. The van der Waals surface area contributed by atoms with Gasteiger partial charge in [0.15, 0.2) is 0 Å². The lowest BCUT2D eigenvalue weighted by Crippen LogP contribution is -2.58. The number of hydrogen-bond donors (Lipinski definition) is 1. The van der Waals surface area contributed by atoms with Gasteiger partial charge in [-0.1, -0.05) is 49.0 Å². The van der Waals surface area contributed by atoms with E-state index in [1.807, 2.05) is 13.0 Å². The Morgan fingerprint density at radius 1 is 1.26 bits per heavy atom. The first kappa shape index (κ1) is 25.2. The summed E-state index contributed by atoms with van der Waals surface area (Å²) in [5, 5.41) is 2.74. The molecule has 31 heavy (non-hydrogen) atoms. The van der Waals surface area contributed by atoms with Crippen LogP contribution in [0, 0.1) is 0 Å². The molecule has 1 N–H and O–H groups in total. The number of unbranched alkanes of at least 4 members (excludes halogenated alkanes) is 3. The topological polar surface area (TPSA) is 84.9 Å². The Morgan fingerprint density at radius 2 is 2.03 bits per heavy atom. The van der Waals surface area contributed by atoms with Gasteiger partial charge in [0.1, 0.15) is 11.8 Å². The molecule has 0 radical (unpaired) electrons. The first-order valence-corrected chi connectivity index (χ1v) is 11.9. The Bertz CT molecular complexity index is 770. The second kappa shape index (κ2) is 12.7. The van der Waals surface area contributed by atoms with Crippen molar-refractivity contribution < 1.29 is 23.9 Å². The summed E-state index contributed by atoms with van der Waals surface area (Å²) >= 11 is 3.41. The lowest BCUT2D eigenvalue weighted by molar-refractivity contribution is -0.151. The lowest BCUT2D eigenvalue weighted by atomic mass is 10.1. The Labute approximate surface area is 193 Å². The molecule has 0 aromatic heterocycles. The maximum absolute atomic E-state index is 13.4. The van der Waals surface area contributed by atoms with Gasteiger partial charge in [-0.3, -0.25) is 14.4 Å². The third kappa shape index (κ3) is 7.52. The van der Waals surface area contributed by atoms with E-state index < -0.39 is 12.0 Å². The maximum atomic E-state index is 13.4. The van der Waals surface area contributed by atoms with Crippen LogP contribution in [0.5, 0.6) is 5.75 Å². The fraction of sp³-hybridized carbons (Fsp3) is 0.609. The number of hydrogen-bond acceptors (Lipinski definition) is 5. The van der Waals surface area contributed by atoms with E-state index in [9.17, 15) is 14.4 Å². The SMILES string of the molecule is CCCCCCOc1ccc(Br)cc1C(=O)N1CCNC(=O)C1CC(=O)OC(C)CC. The molecule has 1 saturated heterocycles. The van der Waals surface area contributed by atoms with Crippen LogP contribution >= 0.6 is 15.9 Å². The maximum Gasteiger partial charge on any atom is 0.308 e. The van der Waals surface area contributed by atoms with Crippen molar-refractivity contribution in [2.75, 3.05) is 19.7 Å². The lowest BCUT2D eigenvalue weighted by Gasteiger charge is -2.35. The number of amides is 2. The Hall–Kier alpha value is -2.09. The number of ether oxygens (including phenoxy) is 2. The molecular formula is C23H33BrN2O5. The molecule has 0 aliphatic carbocycles. The monoisotopic (exact) mass is 496 g/mol. The van der Waals surface area contributed by atoms with Gasteiger partial charge in [-0.25, -0.2) is 0 Å². The summed E-state index contributed by atoms with van der Waals surface area (Å²) in [5.74, 6) is -0.689. The number of halogens is 1. The summed E-state index contributed by atoms with van der Waals surface area (Å²) < 4.78 is 12.0. The van der Waals surface area contributed by atoms with Crippen LogP contribution < -0.4 is 10.1 Å². The highest BCUT2D eigenvalue weighted by Gasteiger charge is 2.36. The summed E-state index contributed by atoms with van der Waals surface area (Å²) in [6.45, 7) is 7.03. The van der Waals surface area contributed by atoms with Crippen LogP contribution in [-0.2, 0) is 14.3 Å². The number of piperazine rings is 1. The molecule has 1 aliphatic rings. The fourth-order valence-electron chi connectivity index (χ4n) is 3.34. The van der Waals surface area contributed by atoms with Gasteiger partial charge in [0.25, 0.3) is 5.91 Å². The van der Waals surface area contributed by atoms with E-state index in [2.05, 4.69) is 28.2 Å². The van der Waals surface area contributed by atoms with Crippen molar-refractivity contribution >= 4 is 33.7 Å². The Kier molecular flexibility index (Phi) is 10.3. The zero-order valence-corrected chi connectivity index (χ0v) is 20.2. The molecule has 0 spiro atoms. The van der Waals surface area contributed by atoms with Crippen molar-refractivity contribution in [2.24, 2.45) is 0 Å². The molecule has 2 atom stereocenters. The average molecular weight is 497 g/mol. The molecule has 2 rings (SSSR count). The molecule has 1 aliphatic heterocycles. The number of benzene rings is 1. The van der Waals surface area contributed by atoms with E-state index in [1.165, 1.54) is 4.90 Å². The van der Waals surface area contributed by atoms with Crippen LogP contribution in [0.15, 0.2) is 22.7 Å². The van der Waals surface area contributed by atoms with E-state index in [4.69, 9.17) is 9.47 Å². The van der Waals surface area contributed by atoms with E-state index in [0.29, 0.717) is 37.4 Å². The second-order valence-corrected chi connectivity index (χ2v) is 8.68. The van der Waals surface area contributed by atoms with Gasteiger partial charge in [0, 0.05) is 17.6 Å². The average Bonchev–Trinajstić information content (AvgIpc) is 2.75. The number of nitrogens with one attached hydrogen (secondary N) is 1. The summed E-state index contributed by atoms with van der Waals surface area (Å²) in [6, 6.07) is 4.37. The molecule has 172 valence electrons. The molecule has 0 bridgehead atoms. The molecule has 1 aromatic rings. The minimum absolute atomic E-state index is 0.177. The molecule has 8 heteroatoms. The molecule has 2 unspecified atom stereocenters. The highest BCUT2D eigenvalue weighted by atomic mass is 79.9. The highest BCUT2D eigenvalue weighted by Crippen LogP contribution is 2.27. The predicted octanol–water partition coefficient (Wildman–Crippen LogP) is 4.08. The van der Waals surface area contributed by atoms with Crippen molar-refractivity contribution in [3.8, 4) is 5.75 Å². The van der Waals surface area contributed by atoms with E-state index in [-0.39, 0.29) is 24.3 Å². The first-order valence-electron chi connectivity index (χ1n) is 11.1. The summed E-state index contributed by atoms with van der Waals surface area (Å²) in [7, 11) is 0. The molecule has 7 nitrogen and oxygen atoms in total. The normalized spacial score (nSPS) is 17.1. The van der Waals surface area contributed by atoms with Crippen molar-refractivity contribution in [3.05, 3.63) is 28.2 Å². The van der Waals surface area contributed by atoms with Gasteiger partial charge in [-0.05, 0) is 38.0 Å². The predicted molar refractivity (Wildman–Crippen MR) is 122 cm³/mol. The van der Waals surface area contributed by atoms with Gasteiger partial charge in [-0.2, -0.15) is 0 Å². The Balaban J connectivity index is 2.17. The Morgan fingerprint density at radius 3 is 2.74 bits per heavy atom. The van der Waals surface area contributed by atoms with Crippen LogP contribution in [-0.4, -0.2) is 54.5 Å². The van der Waals surface area contributed by atoms with Gasteiger partial charge in [-0.15, -0.1) is 0 Å². The number of esters is 1. The summed E-state index contributed by atoms with van der Waals surface area (Å²) in [5.41, 5.74) is 0.375. The molecule has 0 saturated carbocycles. The van der Waals surface area contributed by atoms with Crippen LogP contribution in [0.4, 0.5) is 0 Å².